The molecule has 0 spiro atoms. The summed E-state index contributed by atoms with van der Waals surface area (Å²) in [6.07, 6.45) is 8.02. The molecule has 1 aliphatic heterocycles. The van der Waals surface area contributed by atoms with E-state index in [1.165, 1.54) is 9.25 Å². The van der Waals surface area contributed by atoms with Crippen LogP contribution in [0.5, 0.6) is 0 Å². The molecule has 0 radical (unpaired) electrons. The zero-order valence-electron chi connectivity index (χ0n) is 29.9. The number of methoxy groups -OCH3 is 1. The van der Waals surface area contributed by atoms with E-state index in [0.717, 1.165) is 68.1 Å². The number of nitrogens with one attached hydrogen (secondary N) is 4. The van der Waals surface area contributed by atoms with Gasteiger partial charge in [0.05, 0.1) is 23.3 Å². The van der Waals surface area contributed by atoms with Gasteiger partial charge in [-0.1, -0.05) is 25.3 Å². The number of imidazole rings is 1. The largest absolute Gasteiger partial charge is 0.446 e. The Morgan fingerprint density at radius 1 is 0.981 bits per heavy atom. The summed E-state index contributed by atoms with van der Waals surface area (Å²) >= 11 is 0. The Hall–Kier alpha value is -5.25. The Balaban J connectivity index is 0.855. The SMILES string of the molecule is COCc1cc(C(=O)Nc2cc([C@H]3CC[C@@H](OC(=O)NCCCCCCCc4ccc5c(c4)n(C)c(=O)n5C4CCC(=O)NC4=O)C3)[nH]n2)n(C)n1. The summed E-state index contributed by atoms with van der Waals surface area (Å²) in [4.78, 5) is 62.2. The first kappa shape index (κ1) is 36.5. The number of imide groups is 1. The first-order valence-electron chi connectivity index (χ1n) is 18.0. The smallest absolute Gasteiger partial charge is 0.407 e. The van der Waals surface area contributed by atoms with Crippen LogP contribution >= 0.6 is 0 Å². The highest BCUT2D eigenvalue weighted by Crippen LogP contribution is 2.36. The molecule has 0 bridgehead atoms. The maximum absolute atomic E-state index is 13.0. The summed E-state index contributed by atoms with van der Waals surface area (Å²) < 4.78 is 15.3. The van der Waals surface area contributed by atoms with Crippen molar-refractivity contribution in [1.82, 2.24) is 39.7 Å². The summed E-state index contributed by atoms with van der Waals surface area (Å²) in [5, 5.41) is 19.6. The van der Waals surface area contributed by atoms with Crippen molar-refractivity contribution in [3.05, 3.63) is 63.5 Å². The number of aryl methyl sites for hydroxylation is 3. The number of hydrogen-bond donors (Lipinski definition) is 4. The van der Waals surface area contributed by atoms with Crippen molar-refractivity contribution in [3.8, 4) is 0 Å². The number of carbonyl (C=O) groups is 4. The van der Waals surface area contributed by atoms with Gasteiger partial charge in [0.1, 0.15) is 17.8 Å². The van der Waals surface area contributed by atoms with E-state index < -0.39 is 18.0 Å². The number of rotatable bonds is 15. The molecule has 4 N–H and O–H groups in total. The van der Waals surface area contributed by atoms with E-state index in [4.69, 9.17) is 9.47 Å². The molecule has 2 aliphatic rings. The molecule has 1 saturated carbocycles. The van der Waals surface area contributed by atoms with Crippen molar-refractivity contribution in [2.24, 2.45) is 14.1 Å². The van der Waals surface area contributed by atoms with Gasteiger partial charge in [0, 0.05) is 51.8 Å². The van der Waals surface area contributed by atoms with Crippen LogP contribution in [0.2, 0.25) is 0 Å². The number of benzene rings is 1. The average Bonchev–Trinajstić information content (AvgIpc) is 3.90. The Morgan fingerprint density at radius 3 is 2.60 bits per heavy atom. The highest BCUT2D eigenvalue weighted by atomic mass is 16.6. The number of alkyl carbamates (subject to hydrolysis) is 1. The number of unbranched alkanes of at least 4 members (excludes halogenated alkanes) is 4. The molecule has 2 fully saturated rings. The lowest BCUT2D eigenvalue weighted by Gasteiger charge is -2.21. The summed E-state index contributed by atoms with van der Waals surface area (Å²) in [6, 6.07) is 8.72. The average molecular weight is 718 g/mol. The maximum atomic E-state index is 13.0. The van der Waals surface area contributed by atoms with E-state index in [2.05, 4.69) is 31.2 Å². The second-order valence-corrected chi connectivity index (χ2v) is 13.7. The minimum Gasteiger partial charge on any atom is -0.446 e. The molecule has 1 saturated heterocycles. The lowest BCUT2D eigenvalue weighted by atomic mass is 10.0. The number of carbonyl (C=O) groups excluding carboxylic acids is 4. The molecule has 1 aliphatic carbocycles. The summed E-state index contributed by atoms with van der Waals surface area (Å²) in [7, 11) is 4.98. The molecule has 4 amide bonds. The molecule has 1 unspecified atom stereocenters. The molecule has 3 atom stereocenters. The Morgan fingerprint density at radius 2 is 1.79 bits per heavy atom. The van der Waals surface area contributed by atoms with Gasteiger partial charge < -0.3 is 20.1 Å². The number of H-pyrrole nitrogens is 1. The summed E-state index contributed by atoms with van der Waals surface area (Å²) in [5.41, 5.74) is 4.28. The second kappa shape index (κ2) is 16.4. The molecule has 278 valence electrons. The van der Waals surface area contributed by atoms with Gasteiger partial charge in [0.15, 0.2) is 5.82 Å². The highest BCUT2D eigenvalue weighted by Gasteiger charge is 2.32. The molecule has 16 heteroatoms. The van der Waals surface area contributed by atoms with Crippen LogP contribution < -0.4 is 21.6 Å². The fourth-order valence-corrected chi connectivity index (χ4v) is 7.24. The molecule has 1 aromatic carbocycles. The van der Waals surface area contributed by atoms with Crippen LogP contribution in [0, 0.1) is 0 Å². The number of anilines is 1. The fourth-order valence-electron chi connectivity index (χ4n) is 7.24. The van der Waals surface area contributed by atoms with Crippen LogP contribution in [-0.2, 0) is 46.2 Å². The highest BCUT2D eigenvalue weighted by molar-refractivity contribution is 6.02. The molecule has 16 nitrogen and oxygen atoms in total. The molecule has 4 heterocycles. The lowest BCUT2D eigenvalue weighted by Crippen LogP contribution is -2.44. The monoisotopic (exact) mass is 717 g/mol. The number of piperidine rings is 1. The molecular weight excluding hydrogens is 670 g/mol. The van der Waals surface area contributed by atoms with Gasteiger partial charge >= 0.3 is 11.8 Å². The lowest BCUT2D eigenvalue weighted by molar-refractivity contribution is -0.135. The number of aromatic amines is 1. The van der Waals surface area contributed by atoms with Gasteiger partial charge in [0.2, 0.25) is 11.8 Å². The third-order valence-corrected chi connectivity index (χ3v) is 9.98. The molecule has 6 rings (SSSR count). The fraction of sp³-hybridized carbons (Fsp3) is 0.528. The number of nitrogens with zero attached hydrogens (tertiary/aromatic N) is 5. The van der Waals surface area contributed by atoms with Crippen molar-refractivity contribution in [1.29, 1.82) is 0 Å². The molecule has 3 aromatic heterocycles. The third kappa shape index (κ3) is 8.44. The Kier molecular flexibility index (Phi) is 11.5. The number of aromatic nitrogens is 6. The van der Waals surface area contributed by atoms with Crippen molar-refractivity contribution < 1.29 is 28.7 Å². The number of ether oxygens (including phenoxy) is 2. The second-order valence-electron chi connectivity index (χ2n) is 13.7. The van der Waals surface area contributed by atoms with Crippen LogP contribution in [0.3, 0.4) is 0 Å². The predicted octanol–water partition coefficient (Wildman–Crippen LogP) is 3.73. The van der Waals surface area contributed by atoms with Crippen LogP contribution in [-0.4, -0.2) is 72.7 Å². The standard InChI is InChI=1S/C36H47N9O7/c1-43-29-17-22(10-13-27(29)45(36(43)50)28-14-15-32(46)39-33(28)47)9-7-5-4-6-8-16-37-35(49)52-25-12-11-23(18-25)26-20-31(41-40-26)38-34(48)30-19-24(21-51-3)42-44(30)2/h10,13,17,19-20,23,25,28H,4-9,11-12,14-16,18,21H2,1-3H3,(H,37,49)(H,39,46,47)(H2,38,40,41,48)/t23-,25+,28?/m0/s1. The third-order valence-electron chi connectivity index (χ3n) is 9.98. The molecule has 52 heavy (non-hydrogen) atoms. The topological polar surface area (TPSA) is 196 Å². The van der Waals surface area contributed by atoms with Crippen LogP contribution in [0.4, 0.5) is 10.6 Å². The van der Waals surface area contributed by atoms with E-state index in [9.17, 15) is 24.0 Å². The van der Waals surface area contributed by atoms with Gasteiger partial charge in [-0.05, 0) is 68.7 Å². The Labute approximate surface area is 300 Å². The van der Waals surface area contributed by atoms with Crippen molar-refractivity contribution in [2.75, 3.05) is 19.0 Å². The van der Waals surface area contributed by atoms with Crippen molar-refractivity contribution >= 4 is 40.7 Å². The number of hydrogen-bond acceptors (Lipinski definition) is 9. The van der Waals surface area contributed by atoms with Crippen molar-refractivity contribution in [2.45, 2.75) is 95.3 Å². The Bertz CT molecular complexity index is 1990. The minimum absolute atomic E-state index is 0.147. The van der Waals surface area contributed by atoms with Gasteiger partial charge in [0.25, 0.3) is 5.91 Å². The van der Waals surface area contributed by atoms with Crippen molar-refractivity contribution in [3.63, 3.8) is 0 Å². The summed E-state index contributed by atoms with van der Waals surface area (Å²) in [6.45, 7) is 0.871. The quantitative estimate of drug-likeness (QED) is 0.105. The van der Waals surface area contributed by atoms with E-state index >= 15 is 0 Å². The van der Waals surface area contributed by atoms with E-state index in [1.54, 1.807) is 31.8 Å². The molecular formula is C36H47N9O7. The first-order chi connectivity index (χ1) is 25.1. The molecule has 4 aromatic rings. The van der Waals surface area contributed by atoms with Crippen LogP contribution in [0.1, 0.15) is 104 Å². The van der Waals surface area contributed by atoms with E-state index in [0.29, 0.717) is 48.7 Å². The minimum atomic E-state index is -0.689. The van der Waals surface area contributed by atoms with Gasteiger partial charge in [-0.15, -0.1) is 0 Å². The van der Waals surface area contributed by atoms with E-state index in [-0.39, 0.29) is 35.9 Å². The van der Waals surface area contributed by atoms with Crippen LogP contribution in [0.25, 0.3) is 11.0 Å². The van der Waals surface area contributed by atoms with Gasteiger partial charge in [-0.2, -0.15) is 10.2 Å². The number of amides is 4. The first-order valence-corrected chi connectivity index (χ1v) is 18.0. The normalized spacial score (nSPS) is 18.9. The zero-order valence-corrected chi connectivity index (χ0v) is 29.9. The maximum Gasteiger partial charge on any atom is 0.407 e. The predicted molar refractivity (Wildman–Crippen MR) is 191 cm³/mol. The summed E-state index contributed by atoms with van der Waals surface area (Å²) in [5.74, 6) is -0.489. The van der Waals surface area contributed by atoms with E-state index in [1.807, 2.05) is 24.3 Å². The number of fused-ring (bicyclic) bond motifs is 1. The van der Waals surface area contributed by atoms with Gasteiger partial charge in [-0.3, -0.25) is 38.6 Å². The zero-order chi connectivity index (χ0) is 36.8. The van der Waals surface area contributed by atoms with Gasteiger partial charge in [-0.25, -0.2) is 9.59 Å². The van der Waals surface area contributed by atoms with Crippen LogP contribution in [0.15, 0.2) is 35.1 Å².